The van der Waals surface area contributed by atoms with Crippen molar-refractivity contribution in [3.05, 3.63) is 46.5 Å². The van der Waals surface area contributed by atoms with E-state index < -0.39 is 5.69 Å². The van der Waals surface area contributed by atoms with Crippen LogP contribution < -0.4 is 11.0 Å². The Hall–Kier alpha value is -2.50. The van der Waals surface area contributed by atoms with E-state index in [9.17, 15) is 9.59 Å². The fourth-order valence-corrected chi connectivity index (χ4v) is 3.16. The van der Waals surface area contributed by atoms with Gasteiger partial charge in [-0.2, -0.15) is 10.1 Å². The molecule has 6 heteroatoms. The Labute approximate surface area is 147 Å². The molecule has 3 rings (SSSR count). The molecule has 1 heterocycles. The molecule has 0 radical (unpaired) electrons. The van der Waals surface area contributed by atoms with Crippen LogP contribution in [0.5, 0.6) is 0 Å². The molecule has 0 saturated heterocycles. The summed E-state index contributed by atoms with van der Waals surface area (Å²) in [5.74, 6) is 0.561. The number of amides is 1. The van der Waals surface area contributed by atoms with Crippen molar-refractivity contribution in [1.29, 1.82) is 0 Å². The van der Waals surface area contributed by atoms with Crippen LogP contribution in [0.25, 0.3) is 11.3 Å². The quantitative estimate of drug-likeness (QED) is 0.906. The first-order valence-electron chi connectivity index (χ1n) is 8.78. The SMILES string of the molecule is CC1CC(NC(=O)Cn2nc(C(C)C)c(-c3ccccc3)nc2=O)C1. The minimum atomic E-state index is -0.500. The minimum Gasteiger partial charge on any atom is -0.352 e. The van der Waals surface area contributed by atoms with E-state index in [0.717, 1.165) is 24.1 Å². The Kier molecular flexibility index (Phi) is 4.97. The van der Waals surface area contributed by atoms with Crippen molar-refractivity contribution < 1.29 is 4.79 Å². The number of nitrogens with zero attached hydrogens (tertiary/aromatic N) is 3. The van der Waals surface area contributed by atoms with Gasteiger partial charge in [0, 0.05) is 11.6 Å². The summed E-state index contributed by atoms with van der Waals surface area (Å²) in [6.07, 6.45) is 1.99. The van der Waals surface area contributed by atoms with Crippen LogP contribution in [0.15, 0.2) is 35.1 Å². The van der Waals surface area contributed by atoms with Gasteiger partial charge in [-0.1, -0.05) is 51.1 Å². The molecule has 25 heavy (non-hydrogen) atoms. The van der Waals surface area contributed by atoms with Crippen LogP contribution >= 0.6 is 0 Å². The summed E-state index contributed by atoms with van der Waals surface area (Å²) < 4.78 is 1.17. The van der Waals surface area contributed by atoms with Crippen LogP contribution in [0.4, 0.5) is 0 Å². The molecular formula is C19H24N4O2. The van der Waals surface area contributed by atoms with Gasteiger partial charge in [0.05, 0.1) is 11.4 Å². The van der Waals surface area contributed by atoms with Gasteiger partial charge < -0.3 is 5.32 Å². The van der Waals surface area contributed by atoms with Crippen molar-refractivity contribution in [3.63, 3.8) is 0 Å². The van der Waals surface area contributed by atoms with Crippen LogP contribution in [0.3, 0.4) is 0 Å². The third-order valence-electron chi connectivity index (χ3n) is 4.53. The summed E-state index contributed by atoms with van der Waals surface area (Å²) in [6, 6.07) is 9.76. The highest BCUT2D eigenvalue weighted by Crippen LogP contribution is 2.26. The highest BCUT2D eigenvalue weighted by atomic mass is 16.2. The molecule has 0 bridgehead atoms. The summed E-state index contributed by atoms with van der Waals surface area (Å²) in [6.45, 7) is 6.07. The van der Waals surface area contributed by atoms with E-state index in [2.05, 4.69) is 22.3 Å². The summed E-state index contributed by atoms with van der Waals surface area (Å²) >= 11 is 0. The molecule has 0 atom stereocenters. The average Bonchev–Trinajstić information content (AvgIpc) is 2.55. The van der Waals surface area contributed by atoms with Gasteiger partial charge in [0.15, 0.2) is 0 Å². The molecule has 1 amide bonds. The second-order valence-electron chi connectivity index (χ2n) is 7.15. The van der Waals surface area contributed by atoms with Gasteiger partial charge in [-0.25, -0.2) is 9.48 Å². The van der Waals surface area contributed by atoms with E-state index in [-0.39, 0.29) is 24.4 Å². The van der Waals surface area contributed by atoms with Gasteiger partial charge >= 0.3 is 5.69 Å². The van der Waals surface area contributed by atoms with Gasteiger partial charge in [0.25, 0.3) is 0 Å². The zero-order valence-electron chi connectivity index (χ0n) is 14.9. The molecule has 1 saturated carbocycles. The lowest BCUT2D eigenvalue weighted by Crippen LogP contribution is -2.46. The standard InChI is InChI=1S/C19H24N4O2/c1-12(2)17-18(14-7-5-4-6-8-14)21-19(25)23(22-17)11-16(24)20-15-9-13(3)10-15/h4-8,12-13,15H,9-11H2,1-3H3,(H,20,24). The first-order valence-corrected chi connectivity index (χ1v) is 8.78. The maximum Gasteiger partial charge on any atom is 0.365 e. The maximum atomic E-state index is 12.4. The topological polar surface area (TPSA) is 76.9 Å². The lowest BCUT2D eigenvalue weighted by molar-refractivity contribution is -0.123. The predicted octanol–water partition coefficient (Wildman–Crippen LogP) is 2.34. The lowest BCUT2D eigenvalue weighted by atomic mass is 9.82. The van der Waals surface area contributed by atoms with Crippen LogP contribution in [0, 0.1) is 5.92 Å². The van der Waals surface area contributed by atoms with Crippen molar-refractivity contribution in [3.8, 4) is 11.3 Å². The second-order valence-corrected chi connectivity index (χ2v) is 7.15. The van der Waals surface area contributed by atoms with Crippen molar-refractivity contribution >= 4 is 5.91 Å². The zero-order valence-corrected chi connectivity index (χ0v) is 14.9. The van der Waals surface area contributed by atoms with E-state index in [0.29, 0.717) is 11.6 Å². The normalized spacial score (nSPS) is 19.5. The van der Waals surface area contributed by atoms with Crippen molar-refractivity contribution in [1.82, 2.24) is 20.1 Å². The Morgan fingerprint density at radius 3 is 2.56 bits per heavy atom. The number of hydrogen-bond acceptors (Lipinski definition) is 4. The lowest BCUT2D eigenvalue weighted by Gasteiger charge is -2.33. The van der Waals surface area contributed by atoms with Crippen LogP contribution in [0.1, 0.15) is 45.2 Å². The fraction of sp³-hybridized carbons (Fsp3) is 0.474. The van der Waals surface area contributed by atoms with E-state index in [1.165, 1.54) is 4.68 Å². The largest absolute Gasteiger partial charge is 0.365 e. The molecule has 1 aliphatic carbocycles. The van der Waals surface area contributed by atoms with Crippen molar-refractivity contribution in [2.75, 3.05) is 0 Å². The van der Waals surface area contributed by atoms with Crippen LogP contribution in [-0.4, -0.2) is 26.7 Å². The molecule has 1 aliphatic rings. The molecule has 2 aromatic rings. The van der Waals surface area contributed by atoms with Gasteiger partial charge in [-0.3, -0.25) is 4.79 Å². The Morgan fingerprint density at radius 1 is 1.28 bits per heavy atom. The molecule has 1 aromatic carbocycles. The first-order chi connectivity index (χ1) is 11.9. The highest BCUT2D eigenvalue weighted by Gasteiger charge is 2.27. The smallest absolute Gasteiger partial charge is 0.352 e. The average molecular weight is 340 g/mol. The van der Waals surface area contributed by atoms with Gasteiger partial charge in [0.1, 0.15) is 6.54 Å². The van der Waals surface area contributed by atoms with Gasteiger partial charge in [-0.15, -0.1) is 0 Å². The molecule has 0 unspecified atom stereocenters. The number of nitrogens with one attached hydrogen (secondary N) is 1. The number of carbonyl (C=O) groups is 1. The maximum absolute atomic E-state index is 12.4. The third-order valence-corrected chi connectivity index (χ3v) is 4.53. The monoisotopic (exact) mass is 340 g/mol. The van der Waals surface area contributed by atoms with Gasteiger partial charge in [-0.05, 0) is 24.7 Å². The van der Waals surface area contributed by atoms with Crippen LogP contribution in [-0.2, 0) is 11.3 Å². The minimum absolute atomic E-state index is 0.0881. The fourth-order valence-electron chi connectivity index (χ4n) is 3.16. The molecular weight excluding hydrogens is 316 g/mol. The van der Waals surface area contributed by atoms with E-state index >= 15 is 0 Å². The second kappa shape index (κ2) is 7.17. The summed E-state index contributed by atoms with van der Waals surface area (Å²) in [4.78, 5) is 28.7. The van der Waals surface area contributed by atoms with Crippen molar-refractivity contribution in [2.24, 2.45) is 5.92 Å². The molecule has 1 fully saturated rings. The Balaban J connectivity index is 1.84. The van der Waals surface area contributed by atoms with Crippen LogP contribution in [0.2, 0.25) is 0 Å². The number of aromatic nitrogens is 3. The van der Waals surface area contributed by atoms with Crippen molar-refractivity contribution in [2.45, 2.75) is 52.1 Å². The third kappa shape index (κ3) is 3.95. The molecule has 1 aromatic heterocycles. The number of hydrogen-bond donors (Lipinski definition) is 1. The zero-order chi connectivity index (χ0) is 18.0. The molecule has 1 N–H and O–H groups in total. The number of rotatable bonds is 5. The Bertz CT molecular complexity index is 808. The number of carbonyl (C=O) groups excluding carboxylic acids is 1. The van der Waals surface area contributed by atoms with E-state index in [1.807, 2.05) is 44.2 Å². The molecule has 0 aliphatic heterocycles. The Morgan fingerprint density at radius 2 is 1.96 bits per heavy atom. The molecule has 0 spiro atoms. The molecule has 132 valence electrons. The van der Waals surface area contributed by atoms with Gasteiger partial charge in [0.2, 0.25) is 5.91 Å². The summed E-state index contributed by atoms with van der Waals surface area (Å²) in [5, 5.41) is 7.39. The molecule has 6 nitrogen and oxygen atoms in total. The predicted molar refractivity (Wildman–Crippen MR) is 96.1 cm³/mol. The first kappa shape index (κ1) is 17.3. The number of benzene rings is 1. The van der Waals surface area contributed by atoms with E-state index in [1.54, 1.807) is 0 Å². The highest BCUT2D eigenvalue weighted by molar-refractivity contribution is 5.76. The summed E-state index contributed by atoms with van der Waals surface area (Å²) in [5.41, 5.74) is 1.66. The van der Waals surface area contributed by atoms with E-state index in [4.69, 9.17) is 0 Å². The summed E-state index contributed by atoms with van der Waals surface area (Å²) in [7, 11) is 0.